The van der Waals surface area contributed by atoms with Crippen molar-refractivity contribution in [2.45, 2.75) is 12.7 Å². The highest BCUT2D eigenvalue weighted by molar-refractivity contribution is 5.84. The van der Waals surface area contributed by atoms with Gasteiger partial charge in [0.25, 0.3) is 0 Å². The van der Waals surface area contributed by atoms with E-state index in [1.54, 1.807) is 12.3 Å². The number of pyridine rings is 1. The zero-order valence-electron chi connectivity index (χ0n) is 17.4. The maximum Gasteiger partial charge on any atom is 0.416 e. The molecule has 5 rings (SSSR count). The number of halogens is 3. The van der Waals surface area contributed by atoms with Crippen molar-refractivity contribution in [1.82, 2.24) is 24.9 Å². The Balaban J connectivity index is 1.40. The van der Waals surface area contributed by atoms with E-state index >= 15 is 0 Å². The second kappa shape index (κ2) is 8.66. The average Bonchev–Trinajstić information content (AvgIpc) is 3.32. The molecule has 1 aliphatic rings. The number of aromatic nitrogens is 5. The number of imidazole rings is 1. The van der Waals surface area contributed by atoms with Crippen molar-refractivity contribution in [3.63, 3.8) is 0 Å². The lowest BCUT2D eigenvalue weighted by Crippen LogP contribution is -2.36. The van der Waals surface area contributed by atoms with E-state index in [1.807, 2.05) is 12.1 Å². The van der Waals surface area contributed by atoms with Crippen molar-refractivity contribution in [3.05, 3.63) is 60.0 Å². The van der Waals surface area contributed by atoms with Crippen LogP contribution in [0.3, 0.4) is 0 Å². The summed E-state index contributed by atoms with van der Waals surface area (Å²) in [5, 5.41) is 3.11. The summed E-state index contributed by atoms with van der Waals surface area (Å²) in [5.74, 6) is 1.72. The van der Waals surface area contributed by atoms with Gasteiger partial charge in [-0.05, 0) is 29.8 Å². The lowest BCUT2D eigenvalue weighted by molar-refractivity contribution is -0.137. The molecule has 1 aromatic carbocycles. The normalized spacial score (nSPS) is 14.6. The first-order valence-corrected chi connectivity index (χ1v) is 10.4. The number of ether oxygens (including phenoxy) is 1. The number of hydrogen-bond acceptors (Lipinski definition) is 7. The van der Waals surface area contributed by atoms with Gasteiger partial charge in [-0.2, -0.15) is 13.2 Å². The van der Waals surface area contributed by atoms with Crippen molar-refractivity contribution in [1.29, 1.82) is 0 Å². The summed E-state index contributed by atoms with van der Waals surface area (Å²) in [6, 6.07) is 8.98. The first-order valence-electron chi connectivity index (χ1n) is 10.4. The number of rotatable bonds is 5. The van der Waals surface area contributed by atoms with Gasteiger partial charge in [0.15, 0.2) is 17.3 Å². The quantitative estimate of drug-likeness (QED) is 0.472. The fourth-order valence-electron chi connectivity index (χ4n) is 3.63. The van der Waals surface area contributed by atoms with Gasteiger partial charge in [0.2, 0.25) is 0 Å². The first kappa shape index (κ1) is 21.1. The van der Waals surface area contributed by atoms with Gasteiger partial charge in [-0.1, -0.05) is 12.1 Å². The standard InChI is InChI=1S/C22H20F3N7O/c23-22(24,25)16-3-1-2-14(10-16)11-27-20-18-21(29-13-28-18)31-19(30-20)15-4-5-17(26-12-15)32-6-8-33-9-7-32/h1-5,10,12-13H,6-9,11H2,(H2,27,28,29,30,31). The molecular formula is C22H20F3N7O. The summed E-state index contributed by atoms with van der Waals surface area (Å²) in [6.45, 7) is 3.06. The van der Waals surface area contributed by atoms with Crippen LogP contribution in [-0.4, -0.2) is 51.2 Å². The van der Waals surface area contributed by atoms with Gasteiger partial charge in [0.1, 0.15) is 11.3 Å². The third-order valence-corrected chi connectivity index (χ3v) is 5.34. The van der Waals surface area contributed by atoms with Crippen molar-refractivity contribution >= 4 is 22.8 Å². The number of nitrogens with one attached hydrogen (secondary N) is 2. The molecular weight excluding hydrogens is 435 g/mol. The average molecular weight is 455 g/mol. The molecule has 2 N–H and O–H groups in total. The molecule has 1 aliphatic heterocycles. The first-order chi connectivity index (χ1) is 16.0. The van der Waals surface area contributed by atoms with Gasteiger partial charge in [0, 0.05) is 31.4 Å². The monoisotopic (exact) mass is 455 g/mol. The lowest BCUT2D eigenvalue weighted by Gasteiger charge is -2.27. The van der Waals surface area contributed by atoms with E-state index in [0.717, 1.165) is 31.0 Å². The van der Waals surface area contributed by atoms with Crippen molar-refractivity contribution in [2.24, 2.45) is 0 Å². The lowest BCUT2D eigenvalue weighted by atomic mass is 10.1. The number of anilines is 2. The molecule has 3 aromatic heterocycles. The molecule has 1 fully saturated rings. The van der Waals surface area contributed by atoms with Crippen LogP contribution in [0.15, 0.2) is 48.9 Å². The molecule has 170 valence electrons. The van der Waals surface area contributed by atoms with E-state index in [0.29, 0.717) is 47.1 Å². The fourth-order valence-corrected chi connectivity index (χ4v) is 3.63. The molecule has 4 aromatic rings. The molecule has 0 amide bonds. The highest BCUT2D eigenvalue weighted by Gasteiger charge is 2.30. The number of alkyl halides is 3. The predicted octanol–water partition coefficient (Wildman–Crippen LogP) is 3.88. The number of morpholine rings is 1. The predicted molar refractivity (Wildman–Crippen MR) is 117 cm³/mol. The second-order valence-corrected chi connectivity index (χ2v) is 7.55. The summed E-state index contributed by atoms with van der Waals surface area (Å²) in [7, 11) is 0. The topological polar surface area (TPSA) is 91.8 Å². The molecule has 33 heavy (non-hydrogen) atoms. The van der Waals surface area contributed by atoms with Crippen LogP contribution < -0.4 is 10.2 Å². The SMILES string of the molecule is FC(F)(F)c1cccc(CNc2nc(-c3ccc(N4CCOCC4)nc3)nc3nc[nH]c23)c1. The Morgan fingerprint density at radius 2 is 1.91 bits per heavy atom. The summed E-state index contributed by atoms with van der Waals surface area (Å²) >= 11 is 0. The Morgan fingerprint density at radius 1 is 1.06 bits per heavy atom. The summed E-state index contributed by atoms with van der Waals surface area (Å²) in [4.78, 5) is 23.0. The highest BCUT2D eigenvalue weighted by atomic mass is 19.4. The zero-order chi connectivity index (χ0) is 22.8. The Bertz CT molecular complexity index is 1250. The van der Waals surface area contributed by atoms with Crippen LogP contribution in [0.4, 0.5) is 24.8 Å². The molecule has 8 nitrogen and oxygen atoms in total. The molecule has 0 saturated carbocycles. The summed E-state index contributed by atoms with van der Waals surface area (Å²) in [6.07, 6.45) is -1.19. The molecule has 4 heterocycles. The Kier molecular flexibility index (Phi) is 5.55. The third kappa shape index (κ3) is 4.58. The molecule has 0 unspecified atom stereocenters. The summed E-state index contributed by atoms with van der Waals surface area (Å²) in [5.41, 5.74) is 1.52. The smallest absolute Gasteiger partial charge is 0.378 e. The van der Waals surface area contributed by atoms with Gasteiger partial charge in [-0.3, -0.25) is 0 Å². The van der Waals surface area contributed by atoms with E-state index in [9.17, 15) is 13.2 Å². The van der Waals surface area contributed by atoms with Crippen LogP contribution in [0.1, 0.15) is 11.1 Å². The second-order valence-electron chi connectivity index (χ2n) is 7.55. The summed E-state index contributed by atoms with van der Waals surface area (Å²) < 4.78 is 44.4. The number of hydrogen-bond donors (Lipinski definition) is 2. The van der Waals surface area contributed by atoms with Crippen molar-refractivity contribution in [3.8, 4) is 11.4 Å². The van der Waals surface area contributed by atoms with E-state index in [2.05, 4.69) is 35.1 Å². The van der Waals surface area contributed by atoms with Gasteiger partial charge in [-0.25, -0.2) is 19.9 Å². The van der Waals surface area contributed by atoms with Crippen LogP contribution in [0.2, 0.25) is 0 Å². The van der Waals surface area contributed by atoms with E-state index in [4.69, 9.17) is 4.74 Å². The molecule has 1 saturated heterocycles. The zero-order valence-corrected chi connectivity index (χ0v) is 17.4. The van der Waals surface area contributed by atoms with Crippen LogP contribution >= 0.6 is 0 Å². The number of benzene rings is 1. The molecule has 0 bridgehead atoms. The van der Waals surface area contributed by atoms with Crippen molar-refractivity contribution in [2.75, 3.05) is 36.5 Å². The minimum absolute atomic E-state index is 0.155. The third-order valence-electron chi connectivity index (χ3n) is 5.34. The molecule has 0 atom stereocenters. The van der Waals surface area contributed by atoms with Gasteiger partial charge < -0.3 is 19.9 Å². The van der Waals surface area contributed by atoms with Crippen LogP contribution in [0, 0.1) is 0 Å². The minimum atomic E-state index is -4.39. The minimum Gasteiger partial charge on any atom is -0.378 e. The Morgan fingerprint density at radius 3 is 2.67 bits per heavy atom. The van der Waals surface area contributed by atoms with Gasteiger partial charge in [0.05, 0.1) is 25.1 Å². The van der Waals surface area contributed by atoms with Gasteiger partial charge in [-0.15, -0.1) is 0 Å². The number of fused-ring (bicyclic) bond motifs is 1. The Hall–Kier alpha value is -3.73. The molecule has 0 spiro atoms. The van der Waals surface area contributed by atoms with Crippen LogP contribution in [0.5, 0.6) is 0 Å². The highest BCUT2D eigenvalue weighted by Crippen LogP contribution is 2.30. The van der Waals surface area contributed by atoms with E-state index in [-0.39, 0.29) is 6.54 Å². The Labute approximate surface area is 186 Å². The molecule has 0 aliphatic carbocycles. The van der Waals surface area contributed by atoms with Gasteiger partial charge >= 0.3 is 6.18 Å². The van der Waals surface area contributed by atoms with E-state index < -0.39 is 11.7 Å². The van der Waals surface area contributed by atoms with Crippen molar-refractivity contribution < 1.29 is 17.9 Å². The number of H-pyrrole nitrogens is 1. The maximum atomic E-state index is 13.0. The number of nitrogens with zero attached hydrogens (tertiary/aromatic N) is 5. The fraction of sp³-hybridized carbons (Fsp3) is 0.273. The van der Waals surface area contributed by atoms with E-state index in [1.165, 1.54) is 12.4 Å². The van der Waals surface area contributed by atoms with Crippen LogP contribution in [0.25, 0.3) is 22.6 Å². The molecule has 11 heteroatoms. The van der Waals surface area contributed by atoms with Crippen LogP contribution in [-0.2, 0) is 17.5 Å². The maximum absolute atomic E-state index is 13.0. The molecule has 0 radical (unpaired) electrons. The number of aromatic amines is 1. The largest absolute Gasteiger partial charge is 0.416 e.